The van der Waals surface area contributed by atoms with Gasteiger partial charge in [0.2, 0.25) is 5.95 Å². The van der Waals surface area contributed by atoms with Crippen LogP contribution in [0.1, 0.15) is 35.1 Å². The number of rotatable bonds is 4. The van der Waals surface area contributed by atoms with E-state index in [0.29, 0.717) is 23.2 Å². The van der Waals surface area contributed by atoms with Gasteiger partial charge in [-0.15, -0.1) is 0 Å². The number of carbonyl (C=O) groups is 1. The molecule has 4 rings (SSSR count). The predicted molar refractivity (Wildman–Crippen MR) is 114 cm³/mol. The van der Waals surface area contributed by atoms with E-state index in [4.69, 9.17) is 16.6 Å². The summed E-state index contributed by atoms with van der Waals surface area (Å²) in [7, 11) is 3.81. The van der Waals surface area contributed by atoms with Crippen molar-refractivity contribution >= 4 is 23.5 Å². The first-order chi connectivity index (χ1) is 14.0. The number of benzene rings is 1. The average Bonchev–Trinajstić information content (AvgIpc) is 3.23. The first-order valence-corrected chi connectivity index (χ1v) is 9.94. The standard InChI is InChI=1S/C22H22ClN5O/c1-27(2)22-25-14-17(15-7-5-8-16(23)13-15)20(26-22)19-10-6-12-28(19)21(29)18-9-3-4-11-24-18/h3-5,7-9,11,13-14,19H,6,10,12H2,1-2H3. The fraction of sp³-hybridized carbons (Fsp3) is 0.273. The van der Waals surface area contributed by atoms with Gasteiger partial charge in [0, 0.05) is 43.6 Å². The van der Waals surface area contributed by atoms with Crippen LogP contribution >= 0.6 is 11.6 Å². The minimum absolute atomic E-state index is 0.0739. The summed E-state index contributed by atoms with van der Waals surface area (Å²) in [5.74, 6) is 0.540. The van der Waals surface area contributed by atoms with Gasteiger partial charge in [-0.1, -0.05) is 29.8 Å². The van der Waals surface area contributed by atoms with Gasteiger partial charge in [-0.25, -0.2) is 9.97 Å². The number of carbonyl (C=O) groups excluding carboxylic acids is 1. The lowest BCUT2D eigenvalue weighted by Gasteiger charge is -2.26. The van der Waals surface area contributed by atoms with Gasteiger partial charge in [-0.05, 0) is 42.7 Å². The van der Waals surface area contributed by atoms with E-state index < -0.39 is 0 Å². The second-order valence-electron chi connectivity index (χ2n) is 7.25. The van der Waals surface area contributed by atoms with Crippen LogP contribution in [0.15, 0.2) is 54.9 Å². The van der Waals surface area contributed by atoms with Crippen LogP contribution in [0.2, 0.25) is 5.02 Å². The van der Waals surface area contributed by atoms with Crippen LogP contribution in [0, 0.1) is 0 Å². The normalized spacial score (nSPS) is 16.1. The van der Waals surface area contributed by atoms with Gasteiger partial charge >= 0.3 is 0 Å². The number of pyridine rings is 1. The number of hydrogen-bond acceptors (Lipinski definition) is 5. The molecule has 1 atom stereocenters. The van der Waals surface area contributed by atoms with Crippen LogP contribution < -0.4 is 4.90 Å². The number of anilines is 1. The second kappa shape index (κ2) is 8.17. The zero-order valence-corrected chi connectivity index (χ0v) is 17.2. The molecular weight excluding hydrogens is 386 g/mol. The van der Waals surface area contributed by atoms with E-state index >= 15 is 0 Å². The van der Waals surface area contributed by atoms with Crippen molar-refractivity contribution in [3.05, 3.63) is 71.3 Å². The Kier molecular flexibility index (Phi) is 5.45. The molecule has 0 radical (unpaired) electrons. The molecule has 0 N–H and O–H groups in total. The van der Waals surface area contributed by atoms with Gasteiger partial charge in [-0.3, -0.25) is 9.78 Å². The van der Waals surface area contributed by atoms with Crippen molar-refractivity contribution in [3.8, 4) is 11.1 Å². The minimum Gasteiger partial charge on any atom is -0.347 e. The molecule has 29 heavy (non-hydrogen) atoms. The molecule has 0 saturated carbocycles. The molecule has 1 unspecified atom stereocenters. The Morgan fingerprint density at radius 2 is 2.03 bits per heavy atom. The fourth-order valence-electron chi connectivity index (χ4n) is 3.66. The number of amides is 1. The molecule has 2 aromatic heterocycles. The summed E-state index contributed by atoms with van der Waals surface area (Å²) in [6.07, 6.45) is 5.23. The highest BCUT2D eigenvalue weighted by molar-refractivity contribution is 6.30. The zero-order valence-electron chi connectivity index (χ0n) is 16.4. The molecule has 6 nitrogen and oxygen atoms in total. The minimum atomic E-state index is -0.139. The molecule has 3 heterocycles. The lowest BCUT2D eigenvalue weighted by Crippen LogP contribution is -2.32. The third-order valence-electron chi connectivity index (χ3n) is 5.05. The number of aromatic nitrogens is 3. The van der Waals surface area contributed by atoms with Crippen LogP contribution in [-0.4, -0.2) is 46.4 Å². The van der Waals surface area contributed by atoms with Crippen molar-refractivity contribution in [2.45, 2.75) is 18.9 Å². The highest BCUT2D eigenvalue weighted by Gasteiger charge is 2.34. The van der Waals surface area contributed by atoms with Crippen LogP contribution in [-0.2, 0) is 0 Å². The number of hydrogen-bond donors (Lipinski definition) is 0. The van der Waals surface area contributed by atoms with E-state index in [1.807, 2.05) is 66.5 Å². The Labute approximate surface area is 175 Å². The van der Waals surface area contributed by atoms with Gasteiger partial charge in [0.05, 0.1) is 11.7 Å². The lowest BCUT2D eigenvalue weighted by atomic mass is 9.99. The van der Waals surface area contributed by atoms with Crippen LogP contribution in [0.25, 0.3) is 11.1 Å². The fourth-order valence-corrected chi connectivity index (χ4v) is 3.85. The molecule has 3 aromatic rings. The molecule has 1 aliphatic heterocycles. The Morgan fingerprint density at radius 3 is 2.76 bits per heavy atom. The van der Waals surface area contributed by atoms with Crippen molar-refractivity contribution in [2.24, 2.45) is 0 Å². The number of halogens is 1. The van der Waals surface area contributed by atoms with Crippen LogP contribution in [0.4, 0.5) is 5.95 Å². The molecule has 1 fully saturated rings. The first-order valence-electron chi connectivity index (χ1n) is 9.57. The van der Waals surface area contributed by atoms with Crippen molar-refractivity contribution in [3.63, 3.8) is 0 Å². The SMILES string of the molecule is CN(C)c1ncc(-c2cccc(Cl)c2)c(C2CCCN2C(=O)c2ccccn2)n1. The Bertz CT molecular complexity index is 1020. The maximum absolute atomic E-state index is 13.1. The third-order valence-corrected chi connectivity index (χ3v) is 5.29. The summed E-state index contributed by atoms with van der Waals surface area (Å²) in [6.45, 7) is 0.677. The maximum Gasteiger partial charge on any atom is 0.273 e. The molecule has 0 spiro atoms. The van der Waals surface area contributed by atoms with E-state index in [-0.39, 0.29) is 11.9 Å². The van der Waals surface area contributed by atoms with Crippen molar-refractivity contribution in [1.82, 2.24) is 19.9 Å². The summed E-state index contributed by atoms with van der Waals surface area (Å²) in [5.41, 5.74) is 3.12. The summed E-state index contributed by atoms with van der Waals surface area (Å²) < 4.78 is 0. The van der Waals surface area contributed by atoms with Gasteiger partial charge in [0.1, 0.15) is 5.69 Å². The van der Waals surface area contributed by atoms with Gasteiger partial charge < -0.3 is 9.80 Å². The van der Waals surface area contributed by atoms with Gasteiger partial charge in [-0.2, -0.15) is 0 Å². The maximum atomic E-state index is 13.1. The van der Waals surface area contributed by atoms with Gasteiger partial charge in [0.15, 0.2) is 0 Å². The summed E-state index contributed by atoms with van der Waals surface area (Å²) in [5, 5.41) is 0.651. The molecule has 1 aliphatic rings. The van der Waals surface area contributed by atoms with E-state index in [0.717, 1.165) is 29.7 Å². The lowest BCUT2D eigenvalue weighted by molar-refractivity contribution is 0.0727. The highest BCUT2D eigenvalue weighted by Crippen LogP contribution is 2.38. The quantitative estimate of drug-likeness (QED) is 0.647. The first kappa shape index (κ1) is 19.3. The molecule has 0 bridgehead atoms. The summed E-state index contributed by atoms with van der Waals surface area (Å²) in [4.78, 5) is 30.5. The smallest absolute Gasteiger partial charge is 0.273 e. The van der Waals surface area contributed by atoms with Crippen molar-refractivity contribution < 1.29 is 4.79 Å². The molecule has 1 amide bonds. The van der Waals surface area contributed by atoms with Crippen LogP contribution in [0.5, 0.6) is 0 Å². The van der Waals surface area contributed by atoms with Crippen molar-refractivity contribution in [2.75, 3.05) is 25.5 Å². The Morgan fingerprint density at radius 1 is 1.17 bits per heavy atom. The molecule has 1 saturated heterocycles. The molecule has 148 valence electrons. The summed E-state index contributed by atoms with van der Waals surface area (Å²) in [6, 6.07) is 12.9. The molecule has 7 heteroatoms. The summed E-state index contributed by atoms with van der Waals surface area (Å²) >= 11 is 6.23. The molecular formula is C22H22ClN5O. The Balaban J connectivity index is 1.79. The van der Waals surface area contributed by atoms with Crippen molar-refractivity contribution in [1.29, 1.82) is 0 Å². The van der Waals surface area contributed by atoms with E-state index in [1.54, 1.807) is 12.3 Å². The van der Waals surface area contributed by atoms with Crippen LogP contribution in [0.3, 0.4) is 0 Å². The zero-order chi connectivity index (χ0) is 20.4. The molecule has 0 aliphatic carbocycles. The largest absolute Gasteiger partial charge is 0.347 e. The predicted octanol–water partition coefficient (Wildman–Crippen LogP) is 4.24. The van der Waals surface area contributed by atoms with Gasteiger partial charge in [0.25, 0.3) is 5.91 Å². The topological polar surface area (TPSA) is 62.2 Å². The molecule has 1 aromatic carbocycles. The number of likely N-dealkylation sites (tertiary alicyclic amines) is 1. The monoisotopic (exact) mass is 407 g/mol. The van der Waals surface area contributed by atoms with E-state index in [9.17, 15) is 4.79 Å². The number of nitrogens with zero attached hydrogens (tertiary/aromatic N) is 5. The van der Waals surface area contributed by atoms with E-state index in [1.165, 1.54) is 0 Å². The van der Waals surface area contributed by atoms with E-state index in [2.05, 4.69) is 9.97 Å². The third kappa shape index (κ3) is 3.93. The Hall–Kier alpha value is -2.99. The average molecular weight is 408 g/mol. The second-order valence-corrected chi connectivity index (χ2v) is 7.68. The highest BCUT2D eigenvalue weighted by atomic mass is 35.5.